The smallest absolute Gasteiger partial charge is 0.314 e. The summed E-state index contributed by atoms with van der Waals surface area (Å²) in [5.74, 6) is -0.382. The van der Waals surface area contributed by atoms with Gasteiger partial charge in [-0.2, -0.15) is 0 Å². The zero-order chi connectivity index (χ0) is 14.0. The fourth-order valence-electron chi connectivity index (χ4n) is 1.83. The van der Waals surface area contributed by atoms with Crippen molar-refractivity contribution < 1.29 is 14.7 Å². The molecule has 106 valence electrons. The maximum atomic E-state index is 11.4. The number of hydrogen-bond donors (Lipinski definition) is 3. The van der Waals surface area contributed by atoms with Crippen LogP contribution in [0.25, 0.3) is 0 Å². The van der Waals surface area contributed by atoms with Crippen LogP contribution in [-0.2, 0) is 4.79 Å². The van der Waals surface area contributed by atoms with E-state index in [0.29, 0.717) is 19.0 Å². The van der Waals surface area contributed by atoms with Crippen molar-refractivity contribution in [1.82, 2.24) is 10.6 Å². The summed E-state index contributed by atoms with van der Waals surface area (Å²) in [6.07, 6.45) is 2.90. The summed E-state index contributed by atoms with van der Waals surface area (Å²) in [7, 11) is 0. The van der Waals surface area contributed by atoms with Crippen LogP contribution in [0, 0.1) is 11.8 Å². The number of unbranched alkanes of at least 4 members (excludes halogenated alkanes) is 1. The van der Waals surface area contributed by atoms with E-state index in [1.807, 2.05) is 0 Å². The van der Waals surface area contributed by atoms with Crippen LogP contribution >= 0.6 is 0 Å². The van der Waals surface area contributed by atoms with E-state index >= 15 is 0 Å². The summed E-state index contributed by atoms with van der Waals surface area (Å²) in [6.45, 7) is 7.25. The van der Waals surface area contributed by atoms with Gasteiger partial charge in [-0.15, -0.1) is 0 Å². The molecule has 0 aliphatic heterocycles. The van der Waals surface area contributed by atoms with Crippen molar-refractivity contribution in [3.63, 3.8) is 0 Å². The summed E-state index contributed by atoms with van der Waals surface area (Å²) < 4.78 is 0. The molecule has 18 heavy (non-hydrogen) atoms. The monoisotopic (exact) mass is 258 g/mol. The molecule has 0 bridgehead atoms. The van der Waals surface area contributed by atoms with Gasteiger partial charge in [0.15, 0.2) is 0 Å². The van der Waals surface area contributed by atoms with Crippen LogP contribution in [0.4, 0.5) is 4.79 Å². The lowest BCUT2D eigenvalue weighted by atomic mass is 9.94. The second-order valence-electron chi connectivity index (χ2n) is 5.08. The van der Waals surface area contributed by atoms with Gasteiger partial charge in [-0.05, 0) is 24.7 Å². The summed E-state index contributed by atoms with van der Waals surface area (Å²) in [4.78, 5) is 22.1. The van der Waals surface area contributed by atoms with E-state index in [9.17, 15) is 9.59 Å². The molecule has 0 heterocycles. The van der Waals surface area contributed by atoms with Crippen molar-refractivity contribution in [3.05, 3.63) is 0 Å². The van der Waals surface area contributed by atoms with E-state index < -0.39 is 5.97 Å². The minimum absolute atomic E-state index is 0.000532. The van der Waals surface area contributed by atoms with Gasteiger partial charge in [0.05, 0.1) is 0 Å². The van der Waals surface area contributed by atoms with E-state index in [1.165, 1.54) is 0 Å². The van der Waals surface area contributed by atoms with Gasteiger partial charge >= 0.3 is 12.0 Å². The Hall–Kier alpha value is -1.26. The molecule has 0 unspecified atom stereocenters. The number of amides is 2. The van der Waals surface area contributed by atoms with Crippen LogP contribution in [0.5, 0.6) is 0 Å². The molecule has 0 aliphatic rings. The van der Waals surface area contributed by atoms with Crippen LogP contribution < -0.4 is 10.6 Å². The predicted molar refractivity (Wildman–Crippen MR) is 71.5 cm³/mol. The van der Waals surface area contributed by atoms with Gasteiger partial charge in [0.2, 0.25) is 0 Å². The predicted octanol–water partition coefficient (Wildman–Crippen LogP) is 2.22. The second kappa shape index (κ2) is 9.74. The van der Waals surface area contributed by atoms with Gasteiger partial charge in [0, 0.05) is 19.5 Å². The normalized spacial score (nSPS) is 12.2. The Morgan fingerprint density at radius 2 is 1.89 bits per heavy atom. The molecule has 0 saturated heterocycles. The average molecular weight is 258 g/mol. The maximum absolute atomic E-state index is 11.4. The third-order valence-corrected chi connectivity index (χ3v) is 2.64. The lowest BCUT2D eigenvalue weighted by Crippen LogP contribution is -2.39. The van der Waals surface area contributed by atoms with Crippen LogP contribution in [0.15, 0.2) is 0 Å². The van der Waals surface area contributed by atoms with E-state index in [2.05, 4.69) is 31.4 Å². The SMILES string of the molecule is CCCCNC(=O)NC[C@H](CC(=O)O)CC(C)C. The number of nitrogens with one attached hydrogen (secondary N) is 2. The molecule has 5 heteroatoms. The Morgan fingerprint density at radius 1 is 1.22 bits per heavy atom. The summed E-state index contributed by atoms with van der Waals surface area (Å²) >= 11 is 0. The summed E-state index contributed by atoms with van der Waals surface area (Å²) in [5.41, 5.74) is 0. The molecule has 0 fully saturated rings. The van der Waals surface area contributed by atoms with Gasteiger partial charge in [0.25, 0.3) is 0 Å². The highest BCUT2D eigenvalue weighted by atomic mass is 16.4. The first-order valence-corrected chi connectivity index (χ1v) is 6.69. The number of carbonyl (C=O) groups is 2. The second-order valence-corrected chi connectivity index (χ2v) is 5.08. The van der Waals surface area contributed by atoms with Crippen LogP contribution in [0.2, 0.25) is 0 Å². The number of aliphatic carboxylic acids is 1. The first-order chi connectivity index (χ1) is 8.45. The molecule has 3 N–H and O–H groups in total. The lowest BCUT2D eigenvalue weighted by molar-refractivity contribution is -0.138. The maximum Gasteiger partial charge on any atom is 0.314 e. The molecule has 0 saturated carbocycles. The van der Waals surface area contributed by atoms with Crippen molar-refractivity contribution in [2.24, 2.45) is 11.8 Å². The minimum Gasteiger partial charge on any atom is -0.481 e. The van der Waals surface area contributed by atoms with Crippen molar-refractivity contribution in [2.45, 2.75) is 46.5 Å². The molecule has 0 aromatic carbocycles. The fraction of sp³-hybridized carbons (Fsp3) is 0.846. The van der Waals surface area contributed by atoms with Gasteiger partial charge < -0.3 is 15.7 Å². The Labute approximate surface area is 109 Å². The van der Waals surface area contributed by atoms with Gasteiger partial charge in [0.1, 0.15) is 0 Å². The third kappa shape index (κ3) is 9.93. The molecule has 0 spiro atoms. The topological polar surface area (TPSA) is 78.4 Å². The number of hydrogen-bond acceptors (Lipinski definition) is 2. The van der Waals surface area contributed by atoms with E-state index in [1.54, 1.807) is 0 Å². The quantitative estimate of drug-likeness (QED) is 0.555. The van der Waals surface area contributed by atoms with Gasteiger partial charge in [-0.1, -0.05) is 27.2 Å². The standard InChI is InChI=1S/C13H26N2O3/c1-4-5-6-14-13(18)15-9-11(7-10(2)3)8-12(16)17/h10-11H,4-9H2,1-3H3,(H,16,17)(H2,14,15,18)/t11-/m0/s1. The lowest BCUT2D eigenvalue weighted by Gasteiger charge is -2.18. The van der Waals surface area contributed by atoms with Crippen molar-refractivity contribution >= 4 is 12.0 Å². The first-order valence-electron chi connectivity index (χ1n) is 6.69. The van der Waals surface area contributed by atoms with E-state index in [4.69, 9.17) is 5.11 Å². The highest BCUT2D eigenvalue weighted by molar-refractivity contribution is 5.74. The van der Waals surface area contributed by atoms with Crippen molar-refractivity contribution in [2.75, 3.05) is 13.1 Å². The van der Waals surface area contributed by atoms with E-state index in [0.717, 1.165) is 19.3 Å². The van der Waals surface area contributed by atoms with Crippen molar-refractivity contribution in [3.8, 4) is 0 Å². The summed E-state index contributed by atoms with van der Waals surface area (Å²) in [5, 5.41) is 14.3. The molecule has 2 amide bonds. The Morgan fingerprint density at radius 3 is 2.39 bits per heavy atom. The molecule has 0 aromatic heterocycles. The molecule has 0 aromatic rings. The number of carboxylic acids is 1. The zero-order valence-corrected chi connectivity index (χ0v) is 11.7. The van der Waals surface area contributed by atoms with Crippen LogP contribution in [0.1, 0.15) is 46.5 Å². The fourth-order valence-corrected chi connectivity index (χ4v) is 1.83. The Kier molecular flexibility index (Phi) is 9.06. The van der Waals surface area contributed by atoms with Gasteiger partial charge in [-0.3, -0.25) is 4.79 Å². The number of carbonyl (C=O) groups excluding carboxylic acids is 1. The van der Waals surface area contributed by atoms with Crippen LogP contribution in [0.3, 0.4) is 0 Å². The van der Waals surface area contributed by atoms with Crippen molar-refractivity contribution in [1.29, 1.82) is 0 Å². The highest BCUT2D eigenvalue weighted by Gasteiger charge is 2.15. The molecule has 0 rings (SSSR count). The molecule has 0 radical (unpaired) electrons. The molecule has 0 aliphatic carbocycles. The minimum atomic E-state index is -0.811. The third-order valence-electron chi connectivity index (χ3n) is 2.64. The number of urea groups is 1. The first kappa shape index (κ1) is 16.7. The molecule has 5 nitrogen and oxygen atoms in total. The van der Waals surface area contributed by atoms with Gasteiger partial charge in [-0.25, -0.2) is 4.79 Å². The van der Waals surface area contributed by atoms with Crippen LogP contribution in [-0.4, -0.2) is 30.2 Å². The summed E-state index contributed by atoms with van der Waals surface area (Å²) in [6, 6.07) is -0.206. The Balaban J connectivity index is 3.93. The average Bonchev–Trinajstić information content (AvgIpc) is 2.25. The number of rotatable bonds is 9. The molecular weight excluding hydrogens is 232 g/mol. The Bertz CT molecular complexity index is 255. The number of carboxylic acid groups (broad SMARTS) is 1. The van der Waals surface area contributed by atoms with E-state index in [-0.39, 0.29) is 18.4 Å². The molecular formula is C13H26N2O3. The molecule has 1 atom stereocenters. The zero-order valence-electron chi connectivity index (χ0n) is 11.7. The largest absolute Gasteiger partial charge is 0.481 e. The highest BCUT2D eigenvalue weighted by Crippen LogP contribution is 2.14.